The highest BCUT2D eigenvalue weighted by molar-refractivity contribution is 5.77. The Balaban J connectivity index is 1.65. The topological polar surface area (TPSA) is 80.1 Å². The first-order valence-electron chi connectivity index (χ1n) is 9.02. The van der Waals surface area contributed by atoms with Gasteiger partial charge < -0.3 is 10.2 Å². The van der Waals surface area contributed by atoms with Gasteiger partial charge in [-0.3, -0.25) is 19.3 Å². The van der Waals surface area contributed by atoms with Crippen molar-refractivity contribution < 1.29 is 9.59 Å². The molecule has 26 heavy (non-hydrogen) atoms. The summed E-state index contributed by atoms with van der Waals surface area (Å²) in [5.41, 5.74) is 2.96. The Morgan fingerprint density at radius 1 is 1.31 bits per heavy atom. The van der Waals surface area contributed by atoms with Crippen LogP contribution >= 0.6 is 0 Å². The van der Waals surface area contributed by atoms with Crippen LogP contribution < -0.4 is 5.32 Å². The van der Waals surface area contributed by atoms with E-state index >= 15 is 0 Å². The number of hydrogen-bond acceptors (Lipinski definition) is 4. The summed E-state index contributed by atoms with van der Waals surface area (Å²) in [6.07, 6.45) is 5.91. The molecule has 0 spiro atoms. The third-order valence-corrected chi connectivity index (χ3v) is 4.78. The van der Waals surface area contributed by atoms with Gasteiger partial charge in [-0.15, -0.1) is 0 Å². The second-order valence-corrected chi connectivity index (χ2v) is 6.68. The molecule has 1 unspecified atom stereocenters. The summed E-state index contributed by atoms with van der Waals surface area (Å²) < 4.78 is 1.86. The van der Waals surface area contributed by atoms with E-state index in [0.717, 1.165) is 36.3 Å². The number of nitrogens with zero attached hydrogens (tertiary/aromatic N) is 4. The number of aryl methyl sites for hydroxylation is 2. The molecule has 7 nitrogen and oxygen atoms in total. The lowest BCUT2D eigenvalue weighted by molar-refractivity contribution is -0.132. The first kappa shape index (κ1) is 18.1. The Hall–Kier alpha value is -2.70. The van der Waals surface area contributed by atoms with Gasteiger partial charge in [0.05, 0.1) is 18.3 Å². The largest absolute Gasteiger partial charge is 0.351 e. The smallest absolute Gasteiger partial charge is 0.224 e. The van der Waals surface area contributed by atoms with Crippen LogP contribution in [0.2, 0.25) is 0 Å². The van der Waals surface area contributed by atoms with Gasteiger partial charge in [-0.1, -0.05) is 0 Å². The van der Waals surface area contributed by atoms with E-state index in [0.29, 0.717) is 19.5 Å². The van der Waals surface area contributed by atoms with Gasteiger partial charge in [0.15, 0.2) is 0 Å². The van der Waals surface area contributed by atoms with Crippen LogP contribution in [0.1, 0.15) is 49.2 Å². The minimum Gasteiger partial charge on any atom is -0.351 e. The van der Waals surface area contributed by atoms with E-state index in [1.807, 2.05) is 34.7 Å². The van der Waals surface area contributed by atoms with Gasteiger partial charge in [0.25, 0.3) is 0 Å². The normalized spacial score (nSPS) is 16.7. The highest BCUT2D eigenvalue weighted by Crippen LogP contribution is 2.32. The quantitative estimate of drug-likeness (QED) is 0.859. The highest BCUT2D eigenvalue weighted by Gasteiger charge is 2.29. The van der Waals surface area contributed by atoms with Crippen molar-refractivity contribution in [1.82, 2.24) is 25.0 Å². The SMILES string of the molecule is CC(=O)NCc1cc(C2CCCN2C(=O)CCn2nccc2C)ccn1. The third kappa shape index (κ3) is 4.28. The van der Waals surface area contributed by atoms with Crippen LogP contribution in [0.15, 0.2) is 30.6 Å². The third-order valence-electron chi connectivity index (χ3n) is 4.78. The first-order valence-corrected chi connectivity index (χ1v) is 9.02. The van der Waals surface area contributed by atoms with E-state index in [4.69, 9.17) is 0 Å². The minimum absolute atomic E-state index is 0.0798. The number of carbonyl (C=O) groups excluding carboxylic acids is 2. The van der Waals surface area contributed by atoms with Gasteiger partial charge in [-0.05, 0) is 43.5 Å². The van der Waals surface area contributed by atoms with Gasteiger partial charge in [-0.25, -0.2) is 0 Å². The summed E-state index contributed by atoms with van der Waals surface area (Å²) >= 11 is 0. The molecule has 3 rings (SSSR count). The fraction of sp³-hybridized carbons (Fsp3) is 0.474. The zero-order chi connectivity index (χ0) is 18.5. The number of carbonyl (C=O) groups is 2. The number of amides is 2. The van der Waals surface area contributed by atoms with Crippen LogP contribution in [0, 0.1) is 6.92 Å². The maximum Gasteiger partial charge on any atom is 0.224 e. The van der Waals surface area contributed by atoms with Gasteiger partial charge in [0.2, 0.25) is 11.8 Å². The monoisotopic (exact) mass is 355 g/mol. The lowest BCUT2D eigenvalue weighted by atomic mass is 10.0. The zero-order valence-corrected chi connectivity index (χ0v) is 15.3. The van der Waals surface area contributed by atoms with Crippen molar-refractivity contribution in [1.29, 1.82) is 0 Å². The molecule has 0 aliphatic carbocycles. The predicted octanol–water partition coefficient (Wildman–Crippen LogP) is 1.98. The van der Waals surface area contributed by atoms with Crippen LogP contribution in [-0.4, -0.2) is 38.0 Å². The molecule has 3 heterocycles. The lowest BCUT2D eigenvalue weighted by Gasteiger charge is -2.25. The maximum atomic E-state index is 12.7. The minimum atomic E-state index is -0.0798. The second kappa shape index (κ2) is 8.12. The second-order valence-electron chi connectivity index (χ2n) is 6.68. The Labute approximate surface area is 153 Å². The molecule has 0 radical (unpaired) electrons. The average Bonchev–Trinajstić information content (AvgIpc) is 3.27. The van der Waals surface area contributed by atoms with E-state index < -0.39 is 0 Å². The summed E-state index contributed by atoms with van der Waals surface area (Å²) in [7, 11) is 0. The van der Waals surface area contributed by atoms with E-state index in [2.05, 4.69) is 15.4 Å². The molecule has 0 bridgehead atoms. The Morgan fingerprint density at radius 3 is 2.88 bits per heavy atom. The molecule has 1 aliphatic rings. The summed E-state index contributed by atoms with van der Waals surface area (Å²) in [6.45, 7) is 5.27. The number of aromatic nitrogens is 3. The van der Waals surface area contributed by atoms with Gasteiger partial charge in [0, 0.05) is 44.5 Å². The van der Waals surface area contributed by atoms with Crippen molar-refractivity contribution in [2.45, 2.75) is 52.2 Å². The number of pyridine rings is 1. The summed E-state index contributed by atoms with van der Waals surface area (Å²) in [5, 5.41) is 7.00. The highest BCUT2D eigenvalue weighted by atomic mass is 16.2. The Morgan fingerprint density at radius 2 is 2.15 bits per heavy atom. The van der Waals surface area contributed by atoms with Crippen LogP contribution in [0.25, 0.3) is 0 Å². The van der Waals surface area contributed by atoms with Crippen molar-refractivity contribution in [2.24, 2.45) is 0 Å². The molecule has 1 fully saturated rings. The molecule has 138 valence electrons. The number of rotatable bonds is 6. The molecule has 1 atom stereocenters. The van der Waals surface area contributed by atoms with Crippen LogP contribution in [0.3, 0.4) is 0 Å². The molecule has 7 heteroatoms. The van der Waals surface area contributed by atoms with Gasteiger partial charge in [0.1, 0.15) is 0 Å². The molecule has 1 saturated heterocycles. The summed E-state index contributed by atoms with van der Waals surface area (Å²) in [4.78, 5) is 30.1. The molecule has 1 N–H and O–H groups in total. The van der Waals surface area contributed by atoms with E-state index in [-0.39, 0.29) is 17.9 Å². The summed E-state index contributed by atoms with van der Waals surface area (Å²) in [6, 6.07) is 5.98. The lowest BCUT2D eigenvalue weighted by Crippen LogP contribution is -2.31. The zero-order valence-electron chi connectivity index (χ0n) is 15.3. The van der Waals surface area contributed by atoms with Crippen molar-refractivity contribution >= 4 is 11.8 Å². The summed E-state index contributed by atoms with van der Waals surface area (Å²) in [5.74, 6) is 0.0754. The molecule has 0 saturated carbocycles. The standard InChI is InChI=1S/C19H25N5O2/c1-14-5-9-22-24(14)11-7-19(26)23-10-3-4-18(23)16-6-8-20-17(12-16)13-21-15(2)25/h5-6,8-9,12,18H,3-4,7,10-11,13H2,1-2H3,(H,21,25). The van der Waals surface area contributed by atoms with Crippen molar-refractivity contribution in [3.05, 3.63) is 47.5 Å². The van der Waals surface area contributed by atoms with Crippen LogP contribution in [0.5, 0.6) is 0 Å². The molecular weight excluding hydrogens is 330 g/mol. The Bertz CT molecular complexity index is 786. The molecule has 1 aliphatic heterocycles. The van der Waals surface area contributed by atoms with Crippen molar-refractivity contribution in [2.75, 3.05) is 6.54 Å². The number of hydrogen-bond donors (Lipinski definition) is 1. The molecule has 2 aromatic heterocycles. The molecule has 0 aromatic carbocycles. The average molecular weight is 355 g/mol. The van der Waals surface area contributed by atoms with Crippen molar-refractivity contribution in [3.63, 3.8) is 0 Å². The van der Waals surface area contributed by atoms with Crippen LogP contribution in [0.4, 0.5) is 0 Å². The molecule has 2 aromatic rings. The number of nitrogens with one attached hydrogen (secondary N) is 1. The van der Waals surface area contributed by atoms with Crippen LogP contribution in [-0.2, 0) is 22.7 Å². The van der Waals surface area contributed by atoms with E-state index in [1.165, 1.54) is 6.92 Å². The Kier molecular flexibility index (Phi) is 5.65. The maximum absolute atomic E-state index is 12.7. The van der Waals surface area contributed by atoms with Crippen molar-refractivity contribution in [3.8, 4) is 0 Å². The fourth-order valence-corrected chi connectivity index (χ4v) is 3.41. The molecule has 2 amide bonds. The predicted molar refractivity (Wildman–Crippen MR) is 97.0 cm³/mol. The molecular formula is C19H25N5O2. The number of likely N-dealkylation sites (tertiary alicyclic amines) is 1. The van der Waals surface area contributed by atoms with Gasteiger partial charge in [-0.2, -0.15) is 5.10 Å². The van der Waals surface area contributed by atoms with Gasteiger partial charge >= 0.3 is 0 Å². The fourth-order valence-electron chi connectivity index (χ4n) is 3.41. The van der Waals surface area contributed by atoms with E-state index in [9.17, 15) is 9.59 Å². The van der Waals surface area contributed by atoms with E-state index in [1.54, 1.807) is 12.4 Å². The first-order chi connectivity index (χ1) is 12.5.